The van der Waals surface area contributed by atoms with Crippen LogP contribution >= 0.6 is 0 Å². The van der Waals surface area contributed by atoms with Crippen LogP contribution in [0.15, 0.2) is 30.6 Å². The molecule has 0 unspecified atom stereocenters. The number of carbonyl (C=O) groups excluding carboxylic acids is 1. The molecule has 0 radical (unpaired) electrons. The Morgan fingerprint density at radius 1 is 1.10 bits per heavy atom. The number of morpholine rings is 1. The lowest BCUT2D eigenvalue weighted by atomic mass is 10.1. The molecule has 1 aromatic heterocycles. The molecule has 4 rings (SSSR count). The molecule has 0 saturated carbocycles. The average molecular weight is 399 g/mol. The molecule has 2 fully saturated rings. The number of piperazine rings is 1. The third-order valence-corrected chi connectivity index (χ3v) is 5.85. The van der Waals surface area contributed by atoms with Crippen LogP contribution in [0.1, 0.15) is 6.92 Å². The maximum absolute atomic E-state index is 12.8. The zero-order valence-corrected chi connectivity index (χ0v) is 16.5. The Bertz CT molecular complexity index is 907. The number of ether oxygens (including phenoxy) is 1. The monoisotopic (exact) mass is 399 g/mol. The molecule has 1 amide bonds. The summed E-state index contributed by atoms with van der Waals surface area (Å²) in [7, 11) is 0. The largest absolute Gasteiger partial charge is 0.378 e. The number of non-ortho nitro benzene ring substituents is 1. The molecule has 29 heavy (non-hydrogen) atoms. The summed E-state index contributed by atoms with van der Waals surface area (Å²) in [6, 6.07) is 5.04. The second-order valence-electron chi connectivity index (χ2n) is 7.42. The van der Waals surface area contributed by atoms with Gasteiger partial charge in [-0.1, -0.05) is 0 Å². The van der Waals surface area contributed by atoms with E-state index in [2.05, 4.69) is 14.8 Å². The summed E-state index contributed by atoms with van der Waals surface area (Å²) in [4.78, 5) is 34.1. The first-order valence-corrected chi connectivity index (χ1v) is 9.93. The smallest absolute Gasteiger partial charge is 0.278 e. The number of nitrogens with zero attached hydrogens (tertiary/aromatic N) is 5. The minimum atomic E-state index is -0.370. The normalized spacial score (nSPS) is 19.3. The van der Waals surface area contributed by atoms with Gasteiger partial charge in [-0.05, 0) is 19.1 Å². The van der Waals surface area contributed by atoms with Gasteiger partial charge in [0.1, 0.15) is 0 Å². The van der Waals surface area contributed by atoms with Gasteiger partial charge in [0.15, 0.2) is 0 Å². The predicted molar refractivity (Wildman–Crippen MR) is 109 cm³/mol. The van der Waals surface area contributed by atoms with Crippen molar-refractivity contribution in [3.8, 4) is 0 Å². The van der Waals surface area contributed by atoms with Crippen LogP contribution in [0.3, 0.4) is 0 Å². The fourth-order valence-electron chi connectivity index (χ4n) is 4.15. The summed E-state index contributed by atoms with van der Waals surface area (Å²) >= 11 is 0. The summed E-state index contributed by atoms with van der Waals surface area (Å²) in [5.74, 6) is 0.161. The van der Waals surface area contributed by atoms with Gasteiger partial charge in [0.2, 0.25) is 5.91 Å². The maximum atomic E-state index is 12.8. The number of carbonyl (C=O) groups is 1. The Balaban J connectivity index is 1.47. The van der Waals surface area contributed by atoms with E-state index in [1.54, 1.807) is 18.5 Å². The topological polar surface area (TPSA) is 92.0 Å². The van der Waals surface area contributed by atoms with Gasteiger partial charge in [-0.15, -0.1) is 0 Å². The summed E-state index contributed by atoms with van der Waals surface area (Å²) in [6.45, 7) is 7.55. The van der Waals surface area contributed by atoms with Crippen LogP contribution < -0.4 is 4.90 Å². The van der Waals surface area contributed by atoms with Crippen molar-refractivity contribution in [3.05, 3.63) is 40.7 Å². The average Bonchev–Trinajstić information content (AvgIpc) is 2.78. The molecule has 1 atom stereocenters. The van der Waals surface area contributed by atoms with Crippen molar-refractivity contribution >= 4 is 28.1 Å². The number of fused-ring (bicyclic) bond motifs is 1. The van der Waals surface area contributed by atoms with Crippen LogP contribution in [-0.2, 0) is 9.53 Å². The third kappa shape index (κ3) is 3.88. The highest BCUT2D eigenvalue weighted by Crippen LogP contribution is 2.33. The van der Waals surface area contributed by atoms with E-state index in [1.165, 1.54) is 0 Å². The van der Waals surface area contributed by atoms with Crippen molar-refractivity contribution in [1.29, 1.82) is 0 Å². The summed E-state index contributed by atoms with van der Waals surface area (Å²) in [6.07, 6.45) is 3.21. The number of hydrogen-bond acceptors (Lipinski definition) is 7. The Morgan fingerprint density at radius 2 is 1.83 bits per heavy atom. The Morgan fingerprint density at radius 3 is 2.52 bits per heavy atom. The summed E-state index contributed by atoms with van der Waals surface area (Å²) in [5.41, 5.74) is 1.04. The number of amides is 1. The van der Waals surface area contributed by atoms with Crippen LogP contribution in [0.2, 0.25) is 0 Å². The van der Waals surface area contributed by atoms with E-state index in [4.69, 9.17) is 4.74 Å². The van der Waals surface area contributed by atoms with Gasteiger partial charge in [-0.2, -0.15) is 0 Å². The minimum Gasteiger partial charge on any atom is -0.378 e. The van der Waals surface area contributed by atoms with Crippen LogP contribution in [0.25, 0.3) is 10.8 Å². The van der Waals surface area contributed by atoms with Gasteiger partial charge in [0.05, 0.1) is 29.6 Å². The lowest BCUT2D eigenvalue weighted by Gasteiger charge is -2.40. The molecule has 2 aliphatic heterocycles. The van der Waals surface area contributed by atoms with Crippen LogP contribution in [0.5, 0.6) is 0 Å². The number of benzene rings is 1. The molecule has 9 nitrogen and oxygen atoms in total. The molecule has 9 heteroatoms. The second kappa shape index (κ2) is 8.30. The van der Waals surface area contributed by atoms with Gasteiger partial charge < -0.3 is 14.5 Å². The lowest BCUT2D eigenvalue weighted by Crippen LogP contribution is -2.56. The molecule has 2 saturated heterocycles. The zero-order chi connectivity index (χ0) is 20.4. The van der Waals surface area contributed by atoms with E-state index < -0.39 is 0 Å². The van der Waals surface area contributed by atoms with Crippen molar-refractivity contribution in [3.63, 3.8) is 0 Å². The summed E-state index contributed by atoms with van der Waals surface area (Å²) < 4.78 is 5.34. The molecule has 2 aromatic rings. The van der Waals surface area contributed by atoms with Crippen LogP contribution in [-0.4, -0.2) is 84.1 Å². The van der Waals surface area contributed by atoms with E-state index in [1.807, 2.05) is 24.0 Å². The Kier molecular flexibility index (Phi) is 5.59. The minimum absolute atomic E-state index is 0.0696. The van der Waals surface area contributed by atoms with E-state index in [0.717, 1.165) is 37.3 Å². The van der Waals surface area contributed by atoms with Crippen molar-refractivity contribution < 1.29 is 14.5 Å². The first-order chi connectivity index (χ1) is 14.1. The highest BCUT2D eigenvalue weighted by molar-refractivity contribution is 5.99. The van der Waals surface area contributed by atoms with Crippen molar-refractivity contribution in [2.24, 2.45) is 0 Å². The quantitative estimate of drug-likeness (QED) is 0.568. The van der Waals surface area contributed by atoms with Crippen LogP contribution in [0, 0.1) is 10.1 Å². The first-order valence-electron chi connectivity index (χ1n) is 9.93. The van der Waals surface area contributed by atoms with Gasteiger partial charge in [0, 0.05) is 68.8 Å². The number of aromatic nitrogens is 1. The number of rotatable bonds is 4. The van der Waals surface area contributed by atoms with Crippen molar-refractivity contribution in [2.45, 2.75) is 13.0 Å². The molecular formula is C20H25N5O4. The number of anilines is 1. The number of nitro groups is 1. The fourth-order valence-corrected chi connectivity index (χ4v) is 4.15. The Hall–Kier alpha value is -2.78. The fraction of sp³-hybridized carbons (Fsp3) is 0.500. The number of pyridine rings is 1. The highest BCUT2D eigenvalue weighted by atomic mass is 16.6. The number of nitro benzene ring substituents is 1. The zero-order valence-electron chi connectivity index (χ0n) is 16.5. The van der Waals surface area contributed by atoms with Crippen molar-refractivity contribution in [2.75, 3.05) is 57.4 Å². The molecule has 0 N–H and O–H groups in total. The molecular weight excluding hydrogens is 374 g/mol. The third-order valence-electron chi connectivity index (χ3n) is 5.85. The maximum Gasteiger partial charge on any atom is 0.278 e. The molecule has 154 valence electrons. The standard InChI is InChI=1S/C20H25N5O4/c1-15(20(26)24-10-12-29-13-11-24)22-6-8-23(9-7-22)18-2-3-19(25(27)28)17-14-21-5-4-16(17)18/h2-5,14-15H,6-13H2,1H3/t15-/m1/s1. The molecule has 2 aliphatic rings. The van der Waals surface area contributed by atoms with E-state index >= 15 is 0 Å². The molecule has 0 spiro atoms. The van der Waals surface area contributed by atoms with Crippen LogP contribution in [0.4, 0.5) is 11.4 Å². The molecule has 0 aliphatic carbocycles. The highest BCUT2D eigenvalue weighted by Gasteiger charge is 2.30. The second-order valence-corrected chi connectivity index (χ2v) is 7.42. The van der Waals surface area contributed by atoms with Gasteiger partial charge in [-0.3, -0.25) is 24.8 Å². The molecule has 3 heterocycles. The van der Waals surface area contributed by atoms with E-state index in [9.17, 15) is 14.9 Å². The first kappa shape index (κ1) is 19.5. The van der Waals surface area contributed by atoms with E-state index in [0.29, 0.717) is 31.7 Å². The number of hydrogen-bond donors (Lipinski definition) is 0. The molecule has 1 aromatic carbocycles. The Labute approximate surface area is 169 Å². The predicted octanol–water partition coefficient (Wildman–Crippen LogP) is 1.51. The van der Waals surface area contributed by atoms with Gasteiger partial charge in [0.25, 0.3) is 5.69 Å². The van der Waals surface area contributed by atoms with E-state index in [-0.39, 0.29) is 22.6 Å². The van der Waals surface area contributed by atoms with Gasteiger partial charge in [-0.25, -0.2) is 0 Å². The lowest BCUT2D eigenvalue weighted by molar-refractivity contribution is -0.383. The summed E-state index contributed by atoms with van der Waals surface area (Å²) in [5, 5.41) is 12.7. The molecule has 0 bridgehead atoms. The van der Waals surface area contributed by atoms with Crippen molar-refractivity contribution in [1.82, 2.24) is 14.8 Å². The van der Waals surface area contributed by atoms with Gasteiger partial charge >= 0.3 is 0 Å². The SMILES string of the molecule is C[C@H](C(=O)N1CCOCC1)N1CCN(c2ccc([N+](=O)[O-])c3cnccc23)CC1.